The Balaban J connectivity index is 6.24. The largest absolute Gasteiger partial charge is 0.461 e. The number of Topliss-reactive ketones (excluding diaryl/α,β-unsaturated/α-hetero) is 2. The van der Waals surface area contributed by atoms with E-state index < -0.39 is 59.4 Å². The van der Waals surface area contributed by atoms with Gasteiger partial charge in [-0.25, -0.2) is 0 Å². The lowest BCUT2D eigenvalue weighted by Crippen LogP contribution is -2.47. The molecular weight excluding hydrogens is 434 g/mol. The normalized spacial score (nSPS) is 13.1. The van der Waals surface area contributed by atoms with E-state index >= 15 is 0 Å². The van der Waals surface area contributed by atoms with Gasteiger partial charge in [0.25, 0.3) is 11.6 Å². The second-order valence-electron chi connectivity index (χ2n) is 4.08. The van der Waals surface area contributed by atoms with Crippen LogP contribution in [-0.2, 0) is 14.3 Å². The van der Waals surface area contributed by atoms with Crippen molar-refractivity contribution in [3.05, 3.63) is 23.7 Å². The van der Waals surface area contributed by atoms with Gasteiger partial charge >= 0.3 is 36.4 Å². The van der Waals surface area contributed by atoms with Crippen LogP contribution in [0.2, 0.25) is 0 Å². The van der Waals surface area contributed by atoms with E-state index in [1.807, 2.05) is 0 Å². The summed E-state index contributed by atoms with van der Waals surface area (Å²) in [6, 6.07) is 0. The Bertz CT molecular complexity index is 614. The molecule has 0 fully saturated rings. The number of rotatable bonds is 6. The number of hydrogen-bond acceptors (Lipinski definition) is 3. The molecule has 0 rings (SSSR count). The average Bonchev–Trinajstić information content (AvgIpc) is 2.43. The van der Waals surface area contributed by atoms with Gasteiger partial charge in [-0.2, -0.15) is 61.5 Å². The van der Waals surface area contributed by atoms with E-state index in [4.69, 9.17) is 0 Å². The number of alkyl halides is 10. The van der Waals surface area contributed by atoms with Crippen LogP contribution in [0.5, 0.6) is 0 Å². The number of allylic oxidation sites excluding steroid dienone is 2. The van der Waals surface area contributed by atoms with Crippen molar-refractivity contribution in [2.24, 2.45) is 0 Å². The van der Waals surface area contributed by atoms with Gasteiger partial charge in [0, 0.05) is 0 Å². The number of carbonyl (C=O) groups excluding carboxylic acids is 2. The molecule has 0 bridgehead atoms. The second-order valence-corrected chi connectivity index (χ2v) is 4.08. The lowest BCUT2D eigenvalue weighted by atomic mass is 10.1. The van der Waals surface area contributed by atoms with E-state index in [0.29, 0.717) is 0 Å². The van der Waals surface area contributed by atoms with E-state index in [9.17, 15) is 71.1 Å². The molecule has 0 aliphatic carbocycles. The maximum absolute atomic E-state index is 12.7. The van der Waals surface area contributed by atoms with Crippen LogP contribution < -0.4 is 0 Å². The third-order valence-electron chi connectivity index (χ3n) is 2.24. The molecule has 0 aliphatic rings. The molecule has 0 spiro atoms. The first-order valence-electron chi connectivity index (χ1n) is 5.46. The molecule has 27 heavy (non-hydrogen) atoms. The van der Waals surface area contributed by atoms with E-state index in [1.54, 1.807) is 0 Å². The Morgan fingerprint density at radius 3 is 0.889 bits per heavy atom. The molecule has 0 aliphatic heterocycles. The molecule has 0 radical (unpaired) electrons. The molecule has 156 valence electrons. The Morgan fingerprint density at radius 1 is 0.519 bits per heavy atom. The summed E-state index contributed by atoms with van der Waals surface area (Å²) in [6.07, 6.45) is -22.0. The van der Waals surface area contributed by atoms with Crippen molar-refractivity contribution >= 4 is 11.6 Å². The highest BCUT2D eigenvalue weighted by Gasteiger charge is 2.67. The summed E-state index contributed by atoms with van der Waals surface area (Å²) in [5.41, 5.74) is 0. The fraction of sp³-hybridized carbons (Fsp3) is 0.400. The Kier molecular flexibility index (Phi) is 6.70. The third kappa shape index (κ3) is 4.88. The molecule has 0 aromatic carbocycles. The third-order valence-corrected chi connectivity index (χ3v) is 2.24. The summed E-state index contributed by atoms with van der Waals surface area (Å²) in [4.78, 5) is 21.5. The molecule has 0 unspecified atom stereocenters. The number of carbonyl (C=O) groups is 2. The minimum atomic E-state index is -6.92. The first kappa shape index (κ1) is 24.6. The minimum Gasteiger partial charge on any atom is -0.438 e. The van der Waals surface area contributed by atoms with Crippen molar-refractivity contribution < 1.29 is 75.8 Å². The molecular formula is C10F14O3. The highest BCUT2D eigenvalue weighted by molar-refractivity contribution is 6.03. The van der Waals surface area contributed by atoms with Gasteiger partial charge in [-0.1, -0.05) is 0 Å². The van der Waals surface area contributed by atoms with Crippen LogP contribution in [0.1, 0.15) is 0 Å². The monoisotopic (exact) mass is 434 g/mol. The van der Waals surface area contributed by atoms with Crippen molar-refractivity contribution in [3.63, 3.8) is 0 Å². The maximum Gasteiger partial charge on any atom is 0.461 e. The van der Waals surface area contributed by atoms with Crippen LogP contribution in [0, 0.1) is 0 Å². The Morgan fingerprint density at radius 2 is 0.741 bits per heavy atom. The zero-order valence-corrected chi connectivity index (χ0v) is 11.5. The Labute approximate surface area is 136 Å². The Hall–Kier alpha value is -2.36. The SMILES string of the molecule is O=C(C(OC(C(=O)C(F)(F)C(F)(F)F)=C(F)F)=C(F)F)C(F)(F)C(F)(F)F. The summed E-state index contributed by atoms with van der Waals surface area (Å²) in [5.74, 6) is -29.2. The van der Waals surface area contributed by atoms with Gasteiger partial charge in [0.2, 0.25) is 11.5 Å². The molecule has 0 heterocycles. The summed E-state index contributed by atoms with van der Waals surface area (Å²) in [6.45, 7) is 0. The van der Waals surface area contributed by atoms with Gasteiger partial charge in [-0.05, 0) is 0 Å². The highest BCUT2D eigenvalue weighted by atomic mass is 19.4. The van der Waals surface area contributed by atoms with Gasteiger partial charge in [-0.15, -0.1) is 0 Å². The van der Waals surface area contributed by atoms with Crippen LogP contribution in [0.15, 0.2) is 23.7 Å². The molecule has 3 nitrogen and oxygen atoms in total. The quantitative estimate of drug-likeness (QED) is 0.344. The number of ether oxygens (including phenoxy) is 1. The van der Waals surface area contributed by atoms with Crippen molar-refractivity contribution in [2.75, 3.05) is 0 Å². The molecule has 0 atom stereocenters. The zero-order valence-electron chi connectivity index (χ0n) is 11.5. The maximum atomic E-state index is 12.7. The van der Waals surface area contributed by atoms with Crippen LogP contribution in [0.25, 0.3) is 0 Å². The van der Waals surface area contributed by atoms with E-state index in [2.05, 4.69) is 4.74 Å². The molecule has 17 heteroatoms. The minimum absolute atomic E-state index is 2.66. The molecule has 0 aromatic rings. The van der Waals surface area contributed by atoms with Gasteiger partial charge in [0.1, 0.15) is 0 Å². The van der Waals surface area contributed by atoms with Crippen LogP contribution in [-0.4, -0.2) is 35.8 Å². The summed E-state index contributed by atoms with van der Waals surface area (Å²) < 4.78 is 174. The van der Waals surface area contributed by atoms with Crippen molar-refractivity contribution in [2.45, 2.75) is 24.2 Å². The van der Waals surface area contributed by atoms with Crippen LogP contribution >= 0.6 is 0 Å². The van der Waals surface area contributed by atoms with E-state index in [-0.39, 0.29) is 0 Å². The summed E-state index contributed by atoms with van der Waals surface area (Å²) in [7, 11) is 0. The van der Waals surface area contributed by atoms with Crippen molar-refractivity contribution in [1.29, 1.82) is 0 Å². The molecule has 0 N–H and O–H groups in total. The topological polar surface area (TPSA) is 43.4 Å². The van der Waals surface area contributed by atoms with Gasteiger partial charge in [0.15, 0.2) is 0 Å². The van der Waals surface area contributed by atoms with E-state index in [1.165, 1.54) is 0 Å². The fourth-order valence-corrected chi connectivity index (χ4v) is 0.986. The summed E-state index contributed by atoms with van der Waals surface area (Å²) >= 11 is 0. The van der Waals surface area contributed by atoms with Crippen molar-refractivity contribution in [1.82, 2.24) is 0 Å². The average molecular weight is 434 g/mol. The fourth-order valence-electron chi connectivity index (χ4n) is 0.986. The van der Waals surface area contributed by atoms with E-state index in [0.717, 1.165) is 0 Å². The van der Waals surface area contributed by atoms with Crippen molar-refractivity contribution in [3.8, 4) is 0 Å². The summed E-state index contributed by atoms with van der Waals surface area (Å²) in [5, 5.41) is 0. The number of hydrogen-bond donors (Lipinski definition) is 0. The lowest BCUT2D eigenvalue weighted by Gasteiger charge is -2.21. The first-order valence-corrected chi connectivity index (χ1v) is 5.46. The predicted octanol–water partition coefficient (Wildman–Crippen LogP) is 4.75. The molecule has 0 aromatic heterocycles. The highest BCUT2D eigenvalue weighted by Crippen LogP contribution is 2.42. The first-order chi connectivity index (χ1) is 11.7. The smallest absolute Gasteiger partial charge is 0.438 e. The van der Waals surface area contributed by atoms with Crippen LogP contribution in [0.3, 0.4) is 0 Å². The second kappa shape index (κ2) is 7.34. The standard InChI is InChI=1S/C10F14O3/c11-5(12)1(3(25)7(15,16)9(19,20)21)27-2(6(13)14)4(26)8(17,18)10(22,23)24. The zero-order chi connectivity index (χ0) is 22.2. The number of ketones is 2. The van der Waals surface area contributed by atoms with Gasteiger partial charge in [0.05, 0.1) is 0 Å². The molecule has 0 saturated carbocycles. The van der Waals surface area contributed by atoms with Gasteiger partial charge < -0.3 is 4.74 Å². The predicted molar refractivity (Wildman–Crippen MR) is 51.6 cm³/mol. The molecule has 0 saturated heterocycles. The lowest BCUT2D eigenvalue weighted by molar-refractivity contribution is -0.269. The van der Waals surface area contributed by atoms with Gasteiger partial charge in [-0.3, -0.25) is 9.59 Å². The molecule has 0 amide bonds. The van der Waals surface area contributed by atoms with Crippen LogP contribution in [0.4, 0.5) is 61.5 Å². The number of halogens is 14.